The summed E-state index contributed by atoms with van der Waals surface area (Å²) in [5, 5.41) is 13.1. The highest BCUT2D eigenvalue weighted by Crippen LogP contribution is 2.29. The molecule has 112 valence electrons. The summed E-state index contributed by atoms with van der Waals surface area (Å²) in [6, 6.07) is 4.94. The molecule has 1 aromatic carbocycles. The number of nitrogens with one attached hydrogen (secondary N) is 1. The number of benzene rings is 1. The first-order chi connectivity index (χ1) is 9.39. The van der Waals surface area contributed by atoms with Crippen molar-refractivity contribution < 1.29 is 13.5 Å². The third-order valence-electron chi connectivity index (χ3n) is 3.89. The van der Waals surface area contributed by atoms with Crippen LogP contribution in [0.3, 0.4) is 0 Å². The highest BCUT2D eigenvalue weighted by Gasteiger charge is 2.23. The molecule has 5 nitrogen and oxygen atoms in total. The molecule has 0 aliphatic heterocycles. The van der Waals surface area contributed by atoms with E-state index < -0.39 is 9.84 Å². The van der Waals surface area contributed by atoms with Gasteiger partial charge in [-0.15, -0.1) is 0 Å². The van der Waals surface area contributed by atoms with E-state index in [-0.39, 0.29) is 22.6 Å². The molecule has 20 heavy (non-hydrogen) atoms. The Morgan fingerprint density at radius 1 is 1.35 bits per heavy atom. The van der Waals surface area contributed by atoms with Crippen LogP contribution in [0.15, 0.2) is 23.1 Å². The Balaban J connectivity index is 2.10. The summed E-state index contributed by atoms with van der Waals surface area (Å²) in [7, 11) is -3.32. The maximum absolute atomic E-state index is 11.6. The molecule has 2 atom stereocenters. The molecule has 1 aliphatic rings. The molecule has 4 N–H and O–H groups in total. The summed E-state index contributed by atoms with van der Waals surface area (Å²) < 4.78 is 23.2. The molecule has 0 heterocycles. The normalized spacial score (nSPS) is 23.5. The lowest BCUT2D eigenvalue weighted by atomic mass is 9.86. The van der Waals surface area contributed by atoms with Crippen molar-refractivity contribution in [3.63, 3.8) is 0 Å². The van der Waals surface area contributed by atoms with Crippen molar-refractivity contribution >= 4 is 21.2 Å². The second-order valence-corrected chi connectivity index (χ2v) is 7.47. The van der Waals surface area contributed by atoms with Crippen LogP contribution in [0, 0.1) is 5.92 Å². The Bertz CT molecular complexity index is 572. The molecule has 0 aromatic heterocycles. The Labute approximate surface area is 120 Å². The third-order valence-corrected chi connectivity index (χ3v) is 5.04. The second kappa shape index (κ2) is 6.01. The molecule has 1 saturated carbocycles. The van der Waals surface area contributed by atoms with Gasteiger partial charge in [-0.2, -0.15) is 0 Å². The molecule has 1 fully saturated rings. The van der Waals surface area contributed by atoms with Crippen molar-refractivity contribution in [3.8, 4) is 0 Å². The van der Waals surface area contributed by atoms with Crippen LogP contribution in [0.1, 0.15) is 25.7 Å². The second-order valence-electron chi connectivity index (χ2n) is 5.48. The average Bonchev–Trinajstić information content (AvgIpc) is 2.38. The first-order valence-corrected chi connectivity index (χ1v) is 8.79. The Morgan fingerprint density at radius 3 is 2.70 bits per heavy atom. The zero-order chi connectivity index (χ0) is 14.8. The topological polar surface area (TPSA) is 92.4 Å². The van der Waals surface area contributed by atoms with Gasteiger partial charge in [-0.1, -0.05) is 18.9 Å². The SMILES string of the molecule is CS(=O)(=O)c1cccc(NCC2CCCCC2O)c1N. The van der Waals surface area contributed by atoms with Crippen LogP contribution in [-0.4, -0.2) is 32.4 Å². The molecule has 6 heteroatoms. The smallest absolute Gasteiger partial charge is 0.177 e. The molecular formula is C14H22N2O3S. The summed E-state index contributed by atoms with van der Waals surface area (Å²) in [6.07, 6.45) is 4.89. The van der Waals surface area contributed by atoms with Crippen molar-refractivity contribution in [2.75, 3.05) is 23.9 Å². The third kappa shape index (κ3) is 3.43. The van der Waals surface area contributed by atoms with Gasteiger partial charge in [-0.25, -0.2) is 8.42 Å². The summed E-state index contributed by atoms with van der Waals surface area (Å²) in [4.78, 5) is 0.145. The van der Waals surface area contributed by atoms with E-state index in [1.165, 1.54) is 6.07 Å². The zero-order valence-electron chi connectivity index (χ0n) is 11.7. The molecule has 0 radical (unpaired) electrons. The first kappa shape index (κ1) is 15.1. The highest BCUT2D eigenvalue weighted by molar-refractivity contribution is 7.90. The fraction of sp³-hybridized carbons (Fsp3) is 0.571. The monoisotopic (exact) mass is 298 g/mol. The number of hydrogen-bond donors (Lipinski definition) is 3. The fourth-order valence-corrected chi connectivity index (χ4v) is 3.52. The lowest BCUT2D eigenvalue weighted by Gasteiger charge is -2.28. The van der Waals surface area contributed by atoms with E-state index in [9.17, 15) is 13.5 Å². The minimum absolute atomic E-state index is 0.145. The Morgan fingerprint density at radius 2 is 2.05 bits per heavy atom. The number of anilines is 2. The van der Waals surface area contributed by atoms with Gasteiger partial charge in [-0.05, 0) is 25.0 Å². The quantitative estimate of drug-likeness (QED) is 0.735. The van der Waals surface area contributed by atoms with E-state index in [4.69, 9.17) is 5.73 Å². The number of para-hydroxylation sites is 1. The van der Waals surface area contributed by atoms with E-state index in [2.05, 4.69) is 5.32 Å². The van der Waals surface area contributed by atoms with Crippen LogP contribution in [-0.2, 0) is 9.84 Å². The van der Waals surface area contributed by atoms with Gasteiger partial charge in [0.05, 0.1) is 22.4 Å². The van der Waals surface area contributed by atoms with Crippen LogP contribution in [0.4, 0.5) is 11.4 Å². The molecule has 2 unspecified atom stereocenters. The van der Waals surface area contributed by atoms with Crippen molar-refractivity contribution in [1.29, 1.82) is 0 Å². The van der Waals surface area contributed by atoms with Crippen molar-refractivity contribution in [2.24, 2.45) is 5.92 Å². The number of nitrogen functional groups attached to an aromatic ring is 1. The molecule has 1 aromatic rings. The predicted molar refractivity (Wildman–Crippen MR) is 80.4 cm³/mol. The Kier molecular flexibility index (Phi) is 4.55. The van der Waals surface area contributed by atoms with E-state index in [0.717, 1.165) is 31.9 Å². The average molecular weight is 298 g/mol. The molecule has 0 spiro atoms. The van der Waals surface area contributed by atoms with Gasteiger partial charge in [0, 0.05) is 18.7 Å². The van der Waals surface area contributed by atoms with Crippen molar-refractivity contribution in [1.82, 2.24) is 0 Å². The standard InChI is InChI=1S/C14H22N2O3S/c1-20(18,19)13-8-4-6-11(14(13)15)16-9-10-5-2-3-7-12(10)17/h4,6,8,10,12,16-17H,2-3,5,7,9,15H2,1H3. The number of nitrogens with two attached hydrogens (primary N) is 1. The van der Waals surface area contributed by atoms with Gasteiger partial charge in [0.25, 0.3) is 0 Å². The molecule has 2 rings (SSSR count). The largest absolute Gasteiger partial charge is 0.396 e. The molecule has 0 amide bonds. The van der Waals surface area contributed by atoms with Gasteiger partial charge < -0.3 is 16.2 Å². The summed E-state index contributed by atoms with van der Waals surface area (Å²) in [6.45, 7) is 0.610. The lowest BCUT2D eigenvalue weighted by Crippen LogP contribution is -2.30. The summed E-state index contributed by atoms with van der Waals surface area (Å²) >= 11 is 0. The number of rotatable bonds is 4. The van der Waals surface area contributed by atoms with E-state index in [1.807, 2.05) is 0 Å². The van der Waals surface area contributed by atoms with Crippen LogP contribution in [0.2, 0.25) is 0 Å². The van der Waals surface area contributed by atoms with Crippen LogP contribution >= 0.6 is 0 Å². The minimum atomic E-state index is -3.32. The van der Waals surface area contributed by atoms with E-state index >= 15 is 0 Å². The molecule has 0 saturated heterocycles. The molecule has 1 aliphatic carbocycles. The fourth-order valence-electron chi connectivity index (χ4n) is 2.69. The number of sulfone groups is 1. The van der Waals surface area contributed by atoms with Gasteiger partial charge in [0.1, 0.15) is 0 Å². The highest BCUT2D eigenvalue weighted by atomic mass is 32.2. The predicted octanol–water partition coefficient (Wildman–Crippen LogP) is 1.64. The summed E-state index contributed by atoms with van der Waals surface area (Å²) in [5.41, 5.74) is 6.78. The summed E-state index contributed by atoms with van der Waals surface area (Å²) in [5.74, 6) is 0.199. The number of aliphatic hydroxyl groups is 1. The number of aliphatic hydroxyl groups excluding tert-OH is 1. The lowest BCUT2D eigenvalue weighted by molar-refractivity contribution is 0.0763. The minimum Gasteiger partial charge on any atom is -0.396 e. The number of hydrogen-bond acceptors (Lipinski definition) is 5. The van der Waals surface area contributed by atoms with Gasteiger partial charge in [-0.3, -0.25) is 0 Å². The van der Waals surface area contributed by atoms with E-state index in [1.54, 1.807) is 12.1 Å². The van der Waals surface area contributed by atoms with Gasteiger partial charge in [0.2, 0.25) is 0 Å². The maximum atomic E-state index is 11.6. The van der Waals surface area contributed by atoms with Gasteiger partial charge >= 0.3 is 0 Å². The van der Waals surface area contributed by atoms with Gasteiger partial charge in [0.15, 0.2) is 9.84 Å². The van der Waals surface area contributed by atoms with Crippen LogP contribution < -0.4 is 11.1 Å². The van der Waals surface area contributed by atoms with E-state index in [0.29, 0.717) is 12.2 Å². The molecular weight excluding hydrogens is 276 g/mol. The van der Waals surface area contributed by atoms with Crippen molar-refractivity contribution in [2.45, 2.75) is 36.7 Å². The van der Waals surface area contributed by atoms with Crippen LogP contribution in [0.5, 0.6) is 0 Å². The Hall–Kier alpha value is -1.27. The zero-order valence-corrected chi connectivity index (χ0v) is 12.5. The van der Waals surface area contributed by atoms with Crippen LogP contribution in [0.25, 0.3) is 0 Å². The first-order valence-electron chi connectivity index (χ1n) is 6.90. The van der Waals surface area contributed by atoms with Crippen molar-refractivity contribution in [3.05, 3.63) is 18.2 Å². The molecule has 0 bridgehead atoms. The maximum Gasteiger partial charge on any atom is 0.177 e.